The van der Waals surface area contributed by atoms with Crippen LogP contribution in [0.1, 0.15) is 59.2 Å². The number of carbonyl (C=O) groups excluding carboxylic acids is 3. The minimum atomic E-state index is -0.404. The topological polar surface area (TPSA) is 88.1 Å². The van der Waals surface area contributed by atoms with Gasteiger partial charge in [-0.05, 0) is 106 Å². The lowest BCUT2D eigenvalue weighted by molar-refractivity contribution is -0.123. The Balaban J connectivity index is 0.000000201. The van der Waals surface area contributed by atoms with E-state index >= 15 is 0 Å². The molecule has 9 heteroatoms. The third kappa shape index (κ3) is 7.20. The molecule has 2 saturated carbocycles. The van der Waals surface area contributed by atoms with Gasteiger partial charge in [0.15, 0.2) is 11.9 Å². The summed E-state index contributed by atoms with van der Waals surface area (Å²) in [4.78, 5) is 34.2. The summed E-state index contributed by atoms with van der Waals surface area (Å²) in [5.41, 5.74) is 2.08. The maximum atomic E-state index is 11.5. The Labute approximate surface area is 227 Å². The largest absolute Gasteiger partial charge is 0.485 e. The van der Waals surface area contributed by atoms with Crippen molar-refractivity contribution in [1.82, 2.24) is 0 Å². The van der Waals surface area contributed by atoms with Gasteiger partial charge in [-0.25, -0.2) is 9.59 Å². The summed E-state index contributed by atoms with van der Waals surface area (Å²) in [6.07, 6.45) is 5.11. The lowest BCUT2D eigenvalue weighted by atomic mass is 10.2. The van der Waals surface area contributed by atoms with Gasteiger partial charge in [0.1, 0.15) is 17.6 Å². The van der Waals surface area contributed by atoms with E-state index < -0.39 is 5.97 Å². The second-order valence-corrected chi connectivity index (χ2v) is 10.1. The fourth-order valence-corrected chi connectivity index (χ4v) is 4.86. The van der Waals surface area contributed by atoms with Crippen molar-refractivity contribution < 1.29 is 33.3 Å². The number of hydrogen-bond acceptors (Lipinski definition) is 7. The highest BCUT2D eigenvalue weighted by atomic mass is 79.9. The second-order valence-electron chi connectivity index (χ2n) is 8.40. The number of hydrogen-bond donors (Lipinski definition) is 0. The van der Waals surface area contributed by atoms with Crippen molar-refractivity contribution in [3.63, 3.8) is 0 Å². The maximum Gasteiger partial charge on any atom is 0.337 e. The van der Waals surface area contributed by atoms with Crippen molar-refractivity contribution in [1.29, 1.82) is 0 Å². The zero-order chi connectivity index (χ0) is 26.2. The smallest absolute Gasteiger partial charge is 0.337 e. The van der Waals surface area contributed by atoms with E-state index in [4.69, 9.17) is 9.47 Å². The Bertz CT molecular complexity index is 1060. The zero-order valence-corrected chi connectivity index (χ0v) is 23.4. The van der Waals surface area contributed by atoms with E-state index in [0.29, 0.717) is 27.8 Å². The summed E-state index contributed by atoms with van der Waals surface area (Å²) in [7, 11) is 2.70. The van der Waals surface area contributed by atoms with E-state index in [-0.39, 0.29) is 24.0 Å². The average molecular weight is 624 g/mol. The molecule has 2 atom stereocenters. The molecule has 0 N–H and O–H groups in total. The molecule has 2 aliphatic rings. The van der Waals surface area contributed by atoms with E-state index in [1.807, 2.05) is 0 Å². The average Bonchev–Trinajstić information content (AvgIpc) is 3.48. The van der Waals surface area contributed by atoms with Gasteiger partial charge in [0.25, 0.3) is 0 Å². The molecule has 2 aromatic rings. The molecule has 0 saturated heterocycles. The number of ether oxygens (including phenoxy) is 4. The van der Waals surface area contributed by atoms with Crippen molar-refractivity contribution in [2.24, 2.45) is 0 Å². The number of halogens is 2. The molecule has 0 spiro atoms. The normalized spacial score (nSPS) is 18.8. The molecule has 2 fully saturated rings. The monoisotopic (exact) mass is 622 g/mol. The van der Waals surface area contributed by atoms with Gasteiger partial charge >= 0.3 is 11.9 Å². The highest BCUT2D eigenvalue weighted by Gasteiger charge is 2.27. The minimum absolute atomic E-state index is 0.0882. The third-order valence-electron chi connectivity index (χ3n) is 5.91. The molecule has 0 bridgehead atoms. The lowest BCUT2D eigenvalue weighted by Crippen LogP contribution is -2.21. The van der Waals surface area contributed by atoms with Gasteiger partial charge in [0, 0.05) is 6.42 Å². The van der Waals surface area contributed by atoms with E-state index in [1.165, 1.54) is 14.2 Å². The van der Waals surface area contributed by atoms with Crippen LogP contribution in [0.15, 0.2) is 57.5 Å². The van der Waals surface area contributed by atoms with Gasteiger partial charge in [0.2, 0.25) is 0 Å². The molecular weight excluding hydrogens is 596 g/mol. The van der Waals surface area contributed by atoms with Crippen LogP contribution < -0.4 is 9.47 Å². The molecule has 2 unspecified atom stereocenters. The van der Waals surface area contributed by atoms with E-state index in [9.17, 15) is 14.4 Å². The van der Waals surface area contributed by atoms with Gasteiger partial charge in [-0.2, -0.15) is 0 Å². The van der Waals surface area contributed by atoms with Crippen LogP contribution in [0.2, 0.25) is 0 Å². The van der Waals surface area contributed by atoms with E-state index in [2.05, 4.69) is 47.9 Å². The van der Waals surface area contributed by atoms with Gasteiger partial charge in [-0.15, -0.1) is 0 Å². The minimum Gasteiger partial charge on any atom is -0.485 e. The predicted octanol–water partition coefficient (Wildman–Crippen LogP) is 6.46. The fraction of sp³-hybridized carbons (Fsp3) is 0.370. The van der Waals surface area contributed by atoms with Crippen molar-refractivity contribution in [3.05, 3.63) is 68.6 Å². The highest BCUT2D eigenvalue weighted by Crippen LogP contribution is 2.33. The quantitative estimate of drug-likeness (QED) is 0.270. The molecule has 2 aromatic carbocycles. The molecule has 0 radical (unpaired) electrons. The summed E-state index contributed by atoms with van der Waals surface area (Å²) in [5.74, 6) is 0.685. The van der Waals surface area contributed by atoms with Gasteiger partial charge in [-0.3, -0.25) is 4.79 Å². The first kappa shape index (κ1) is 27.9. The van der Waals surface area contributed by atoms with E-state index in [0.717, 1.165) is 47.9 Å². The fourth-order valence-electron chi connectivity index (χ4n) is 3.92. The van der Waals surface area contributed by atoms with Crippen molar-refractivity contribution in [3.8, 4) is 11.5 Å². The number of benzene rings is 2. The molecular formula is C27H28Br2O7. The lowest BCUT2D eigenvalue weighted by Gasteiger charge is -2.16. The van der Waals surface area contributed by atoms with Crippen LogP contribution in [0.4, 0.5) is 0 Å². The molecule has 36 heavy (non-hydrogen) atoms. The van der Waals surface area contributed by atoms with Crippen LogP contribution in [0.5, 0.6) is 11.5 Å². The third-order valence-corrected chi connectivity index (χ3v) is 7.15. The Kier molecular flexibility index (Phi) is 10.1. The van der Waals surface area contributed by atoms with Crippen molar-refractivity contribution >= 4 is 49.6 Å². The van der Waals surface area contributed by atoms with Crippen molar-refractivity contribution in [2.75, 3.05) is 14.2 Å². The predicted molar refractivity (Wildman–Crippen MR) is 142 cm³/mol. The standard InChI is InChI=1S/C14H15BrO3.C13H13BrO4/c1-9-4-3-5-12(9)18-13-7-6-10(8-11(13)15)14(16)17-2;1-17-13(16)8-5-6-11(9(14)7-8)18-12-4-2-3-10(12)15/h6-8,12H,1,3-5H2,2H3;5-7,12H,2-4H2,1H3. The SMILES string of the molecule is C=C1CCCC1Oc1ccc(C(=O)OC)cc1Br.COC(=O)c1ccc(OC2CCCC2=O)c(Br)c1. The number of carbonyl (C=O) groups is 3. The van der Waals surface area contributed by atoms with Crippen LogP contribution in [-0.2, 0) is 14.3 Å². The maximum absolute atomic E-state index is 11.5. The van der Waals surface area contributed by atoms with Crippen molar-refractivity contribution in [2.45, 2.75) is 50.7 Å². The Morgan fingerprint density at radius 2 is 1.28 bits per heavy atom. The highest BCUT2D eigenvalue weighted by molar-refractivity contribution is 9.10. The van der Waals surface area contributed by atoms with Crippen LogP contribution in [0.3, 0.4) is 0 Å². The molecule has 4 rings (SSSR count). The molecule has 2 aliphatic carbocycles. The Morgan fingerprint density at radius 3 is 1.67 bits per heavy atom. The molecule has 192 valence electrons. The van der Waals surface area contributed by atoms with Crippen LogP contribution in [0, 0.1) is 0 Å². The summed E-state index contributed by atoms with van der Waals surface area (Å²) in [6, 6.07) is 10.1. The number of methoxy groups -OCH3 is 2. The second kappa shape index (κ2) is 13.1. The Morgan fingerprint density at radius 1 is 0.806 bits per heavy atom. The van der Waals surface area contributed by atoms with E-state index in [1.54, 1.807) is 36.4 Å². The summed E-state index contributed by atoms with van der Waals surface area (Å²) in [6.45, 7) is 4.01. The number of Topliss-reactive ketones (excluding diaryl/α,β-unsaturated/α-hetero) is 1. The summed E-state index contributed by atoms with van der Waals surface area (Å²) >= 11 is 6.74. The molecule has 0 aliphatic heterocycles. The van der Waals surface area contributed by atoms with Gasteiger partial charge in [0.05, 0.1) is 34.3 Å². The Hall–Kier alpha value is -2.65. The number of esters is 2. The summed E-state index contributed by atoms with van der Waals surface area (Å²) in [5, 5.41) is 0. The summed E-state index contributed by atoms with van der Waals surface area (Å²) < 4.78 is 22.2. The molecule has 0 heterocycles. The van der Waals surface area contributed by atoms with Gasteiger partial charge < -0.3 is 18.9 Å². The first-order valence-corrected chi connectivity index (χ1v) is 13.1. The molecule has 0 aromatic heterocycles. The first-order chi connectivity index (χ1) is 17.2. The zero-order valence-electron chi connectivity index (χ0n) is 20.2. The van der Waals surface area contributed by atoms with Crippen LogP contribution in [-0.4, -0.2) is 44.1 Å². The first-order valence-electron chi connectivity index (χ1n) is 11.5. The number of ketones is 1. The molecule has 7 nitrogen and oxygen atoms in total. The van der Waals surface area contributed by atoms with Crippen LogP contribution in [0.25, 0.3) is 0 Å². The van der Waals surface area contributed by atoms with Crippen LogP contribution >= 0.6 is 31.9 Å². The van der Waals surface area contributed by atoms with Gasteiger partial charge in [-0.1, -0.05) is 6.58 Å². The molecule has 0 amide bonds. The number of rotatable bonds is 6.